The number of rotatable bonds is 7. The van der Waals surface area contributed by atoms with E-state index < -0.39 is 6.10 Å². The number of hydrogen-bond donors (Lipinski definition) is 4. The van der Waals surface area contributed by atoms with Crippen LogP contribution in [0.2, 0.25) is 0 Å². The van der Waals surface area contributed by atoms with Crippen molar-refractivity contribution in [3.63, 3.8) is 0 Å². The molecule has 1 saturated heterocycles. The fourth-order valence-corrected chi connectivity index (χ4v) is 5.55. The highest BCUT2D eigenvalue weighted by Crippen LogP contribution is 2.47. The Balaban J connectivity index is 1.21. The van der Waals surface area contributed by atoms with Gasteiger partial charge < -0.3 is 30.5 Å². The Morgan fingerprint density at radius 2 is 1.89 bits per heavy atom. The van der Waals surface area contributed by atoms with Crippen LogP contribution in [0, 0.1) is 0 Å². The van der Waals surface area contributed by atoms with Crippen molar-refractivity contribution in [1.82, 2.24) is 15.6 Å². The Hall–Kier alpha value is -3.17. The van der Waals surface area contributed by atoms with E-state index in [1.807, 2.05) is 30.3 Å². The monoisotopic (exact) mass is 494 g/mol. The number of carbonyl (C=O) groups is 2. The average Bonchev–Trinajstić information content (AvgIpc) is 3.26. The van der Waals surface area contributed by atoms with E-state index in [9.17, 15) is 14.7 Å². The first-order chi connectivity index (χ1) is 17.6. The van der Waals surface area contributed by atoms with E-state index in [4.69, 9.17) is 9.47 Å². The van der Waals surface area contributed by atoms with E-state index in [-0.39, 0.29) is 49.1 Å². The number of pyridine rings is 1. The minimum absolute atomic E-state index is 0.0351. The SMILES string of the molecule is O=C(C[C@H]1C[C@@H]2c3cc(NC(=O)NC4CCCCC4)ccc3O[C@@H]2[C@@H](CO)O1)NCc1ccncc1. The van der Waals surface area contributed by atoms with Crippen LogP contribution in [-0.2, 0) is 16.1 Å². The van der Waals surface area contributed by atoms with Gasteiger partial charge in [0, 0.05) is 42.1 Å². The smallest absolute Gasteiger partial charge is 0.319 e. The maximum absolute atomic E-state index is 12.6. The van der Waals surface area contributed by atoms with Gasteiger partial charge in [0.15, 0.2) is 0 Å². The van der Waals surface area contributed by atoms with E-state index >= 15 is 0 Å². The van der Waals surface area contributed by atoms with E-state index in [0.29, 0.717) is 18.7 Å². The minimum Gasteiger partial charge on any atom is -0.487 e. The summed E-state index contributed by atoms with van der Waals surface area (Å²) in [5.41, 5.74) is 2.64. The summed E-state index contributed by atoms with van der Waals surface area (Å²) in [5.74, 6) is 0.584. The van der Waals surface area contributed by atoms with Crippen molar-refractivity contribution >= 4 is 17.6 Å². The van der Waals surface area contributed by atoms with Crippen LogP contribution in [0.1, 0.15) is 62.0 Å². The molecular weight excluding hydrogens is 460 g/mol. The lowest BCUT2D eigenvalue weighted by Crippen LogP contribution is -2.47. The normalized spacial score (nSPS) is 25.2. The van der Waals surface area contributed by atoms with Crippen molar-refractivity contribution in [2.24, 2.45) is 0 Å². The van der Waals surface area contributed by atoms with Crippen molar-refractivity contribution < 1.29 is 24.2 Å². The van der Waals surface area contributed by atoms with Crippen LogP contribution in [0.5, 0.6) is 5.75 Å². The number of carbonyl (C=O) groups excluding carboxylic acids is 2. The highest BCUT2D eigenvalue weighted by Gasteiger charge is 2.46. The first-order valence-electron chi connectivity index (χ1n) is 12.9. The van der Waals surface area contributed by atoms with Gasteiger partial charge in [-0.15, -0.1) is 0 Å². The third-order valence-electron chi connectivity index (χ3n) is 7.35. The van der Waals surface area contributed by atoms with Gasteiger partial charge in [-0.05, 0) is 55.2 Å². The third-order valence-corrected chi connectivity index (χ3v) is 7.35. The number of nitrogens with one attached hydrogen (secondary N) is 3. The standard InChI is InChI=1S/C27H34N4O5/c32-16-24-26-22(13-20(35-24)14-25(33)29-15-17-8-10-28-11-9-17)21-12-19(6-7-23(21)36-26)31-27(34)30-18-4-2-1-3-5-18/h6-12,18,20,22,24,26,32H,1-5,13-16H2,(H,29,33)(H2,30,31,34)/t20-,22-,24-,26+/m1/s1. The minimum atomic E-state index is -0.528. The molecule has 0 radical (unpaired) electrons. The molecule has 0 unspecified atom stereocenters. The first kappa shape index (κ1) is 24.5. The molecule has 2 aromatic rings. The molecular formula is C27H34N4O5. The summed E-state index contributed by atoms with van der Waals surface area (Å²) in [7, 11) is 0. The highest BCUT2D eigenvalue weighted by molar-refractivity contribution is 5.89. The number of anilines is 1. The Morgan fingerprint density at radius 1 is 1.08 bits per heavy atom. The second-order valence-electron chi connectivity index (χ2n) is 9.93. The van der Waals surface area contributed by atoms with Crippen LogP contribution >= 0.6 is 0 Å². The van der Waals surface area contributed by atoms with Crippen LogP contribution in [-0.4, -0.2) is 53.0 Å². The molecule has 2 aliphatic heterocycles. The number of benzene rings is 1. The second-order valence-corrected chi connectivity index (χ2v) is 9.93. The van der Waals surface area contributed by atoms with Crippen LogP contribution in [0.25, 0.3) is 0 Å². The summed E-state index contributed by atoms with van der Waals surface area (Å²) in [6, 6.07) is 9.38. The van der Waals surface area contributed by atoms with Gasteiger partial charge in [0.25, 0.3) is 0 Å². The third kappa shape index (κ3) is 5.79. The molecule has 1 saturated carbocycles. The topological polar surface area (TPSA) is 122 Å². The van der Waals surface area contributed by atoms with Crippen LogP contribution in [0.4, 0.5) is 10.5 Å². The number of hydrogen-bond acceptors (Lipinski definition) is 6. The zero-order chi connectivity index (χ0) is 24.9. The van der Waals surface area contributed by atoms with Gasteiger partial charge in [-0.25, -0.2) is 4.79 Å². The van der Waals surface area contributed by atoms with Crippen molar-refractivity contribution in [1.29, 1.82) is 0 Å². The van der Waals surface area contributed by atoms with E-state index in [1.54, 1.807) is 12.4 Å². The number of urea groups is 1. The van der Waals surface area contributed by atoms with Gasteiger partial charge in [0.2, 0.25) is 5.91 Å². The maximum atomic E-state index is 12.6. The molecule has 3 aliphatic rings. The molecule has 0 bridgehead atoms. The van der Waals surface area contributed by atoms with Crippen molar-refractivity contribution in [2.45, 2.75) is 81.8 Å². The van der Waals surface area contributed by atoms with Gasteiger partial charge in [-0.2, -0.15) is 0 Å². The Bertz CT molecular complexity index is 1060. The Morgan fingerprint density at radius 3 is 2.67 bits per heavy atom. The number of nitrogens with zero attached hydrogens (tertiary/aromatic N) is 1. The predicted molar refractivity (Wildman–Crippen MR) is 134 cm³/mol. The molecule has 9 nitrogen and oxygen atoms in total. The molecule has 1 aliphatic carbocycles. The van der Waals surface area contributed by atoms with Crippen molar-refractivity contribution in [3.8, 4) is 5.75 Å². The van der Waals surface area contributed by atoms with Crippen molar-refractivity contribution in [3.05, 3.63) is 53.9 Å². The van der Waals surface area contributed by atoms with E-state index in [2.05, 4.69) is 20.9 Å². The molecule has 4 atom stereocenters. The van der Waals surface area contributed by atoms with Gasteiger partial charge in [-0.1, -0.05) is 19.3 Å². The molecule has 3 amide bonds. The van der Waals surface area contributed by atoms with Gasteiger partial charge in [0.1, 0.15) is 18.0 Å². The lowest BCUT2D eigenvalue weighted by molar-refractivity contribution is -0.142. The Kier molecular flexibility index (Phi) is 7.67. The zero-order valence-corrected chi connectivity index (χ0v) is 20.3. The van der Waals surface area contributed by atoms with E-state index in [0.717, 1.165) is 42.6 Å². The maximum Gasteiger partial charge on any atom is 0.319 e. The van der Waals surface area contributed by atoms with Gasteiger partial charge >= 0.3 is 6.03 Å². The number of fused-ring (bicyclic) bond motifs is 3. The lowest BCUT2D eigenvalue weighted by Gasteiger charge is -2.37. The molecule has 1 aromatic heterocycles. The summed E-state index contributed by atoms with van der Waals surface area (Å²) in [6.45, 7) is 0.229. The van der Waals surface area contributed by atoms with Crippen LogP contribution in [0.15, 0.2) is 42.7 Å². The zero-order valence-electron chi connectivity index (χ0n) is 20.3. The fourth-order valence-electron chi connectivity index (χ4n) is 5.55. The number of aromatic nitrogens is 1. The molecule has 36 heavy (non-hydrogen) atoms. The number of ether oxygens (including phenoxy) is 2. The number of aliphatic hydroxyl groups is 1. The molecule has 5 rings (SSSR count). The summed E-state index contributed by atoms with van der Waals surface area (Å²) in [5, 5.41) is 18.9. The second kappa shape index (κ2) is 11.3. The molecule has 2 fully saturated rings. The molecule has 9 heteroatoms. The van der Waals surface area contributed by atoms with Gasteiger partial charge in [0.05, 0.1) is 19.1 Å². The quantitative estimate of drug-likeness (QED) is 0.469. The van der Waals surface area contributed by atoms with Gasteiger partial charge in [-0.3, -0.25) is 9.78 Å². The summed E-state index contributed by atoms with van der Waals surface area (Å²) >= 11 is 0. The molecule has 0 spiro atoms. The fraction of sp³-hybridized carbons (Fsp3) is 0.519. The average molecular weight is 495 g/mol. The summed E-state index contributed by atoms with van der Waals surface area (Å²) in [6.07, 6.45) is 8.56. The number of aliphatic hydroxyl groups excluding tert-OH is 1. The van der Waals surface area contributed by atoms with Crippen LogP contribution in [0.3, 0.4) is 0 Å². The Labute approximate surface area is 211 Å². The highest BCUT2D eigenvalue weighted by atomic mass is 16.6. The molecule has 192 valence electrons. The molecule has 3 heterocycles. The summed E-state index contributed by atoms with van der Waals surface area (Å²) < 4.78 is 12.2. The number of amides is 3. The first-order valence-corrected chi connectivity index (χ1v) is 12.9. The molecule has 4 N–H and O–H groups in total. The summed E-state index contributed by atoms with van der Waals surface area (Å²) in [4.78, 5) is 29.1. The van der Waals surface area contributed by atoms with E-state index in [1.165, 1.54) is 6.42 Å². The van der Waals surface area contributed by atoms with Crippen LogP contribution < -0.4 is 20.7 Å². The molecule has 1 aromatic carbocycles. The van der Waals surface area contributed by atoms with Crippen molar-refractivity contribution in [2.75, 3.05) is 11.9 Å². The largest absolute Gasteiger partial charge is 0.487 e. The predicted octanol–water partition coefficient (Wildman–Crippen LogP) is 3.24. The lowest BCUT2D eigenvalue weighted by atomic mass is 9.84.